The van der Waals surface area contributed by atoms with Crippen molar-refractivity contribution in [2.24, 2.45) is 5.92 Å². The minimum atomic E-state index is -3.04. The van der Waals surface area contributed by atoms with Gasteiger partial charge in [0, 0.05) is 5.92 Å². The quantitative estimate of drug-likeness (QED) is 0.718. The fourth-order valence-electron chi connectivity index (χ4n) is 2.40. The van der Waals surface area contributed by atoms with E-state index >= 15 is 0 Å². The van der Waals surface area contributed by atoms with Crippen LogP contribution >= 0.6 is 0 Å². The lowest BCUT2D eigenvalue weighted by Gasteiger charge is -2.15. The number of hydrogen-bond donors (Lipinski definition) is 0. The molecule has 4 atom stereocenters. The Kier molecular flexibility index (Phi) is 3.05. The Labute approximate surface area is 90.9 Å². The van der Waals surface area contributed by atoms with Gasteiger partial charge in [-0.1, -0.05) is 13.8 Å². The van der Waals surface area contributed by atoms with Crippen LogP contribution in [0.15, 0.2) is 0 Å². The predicted octanol–water partition coefficient (Wildman–Crippen LogP) is 0.613. The van der Waals surface area contributed by atoms with Crippen LogP contribution in [0.5, 0.6) is 0 Å². The fourth-order valence-corrected chi connectivity index (χ4v) is 4.20. The first kappa shape index (κ1) is 11.4. The Morgan fingerprint density at radius 2 is 1.87 bits per heavy atom. The van der Waals surface area contributed by atoms with E-state index in [1.54, 1.807) is 0 Å². The molecule has 0 saturated carbocycles. The molecule has 2 aliphatic rings. The van der Waals surface area contributed by atoms with Crippen molar-refractivity contribution in [3.05, 3.63) is 0 Å². The highest BCUT2D eigenvalue weighted by molar-refractivity contribution is 7.92. The number of sulfone groups is 1. The van der Waals surface area contributed by atoms with Gasteiger partial charge in [0.05, 0.1) is 25.1 Å². The molecular formula is C10H18O4S. The molecule has 2 rings (SSSR count). The van der Waals surface area contributed by atoms with Crippen molar-refractivity contribution in [1.82, 2.24) is 0 Å². The first-order valence-corrected chi connectivity index (χ1v) is 7.22. The average molecular weight is 234 g/mol. The van der Waals surface area contributed by atoms with Gasteiger partial charge in [-0.05, 0) is 6.42 Å². The summed E-state index contributed by atoms with van der Waals surface area (Å²) in [5, 5.41) is -0.438. The molecule has 0 aliphatic carbocycles. The molecule has 88 valence electrons. The van der Waals surface area contributed by atoms with E-state index in [0.29, 0.717) is 25.6 Å². The second-order valence-electron chi connectivity index (χ2n) is 4.48. The van der Waals surface area contributed by atoms with Gasteiger partial charge in [-0.2, -0.15) is 0 Å². The summed E-state index contributed by atoms with van der Waals surface area (Å²) in [5.41, 5.74) is 0. The molecule has 0 aromatic carbocycles. The van der Waals surface area contributed by atoms with Crippen LogP contribution in [0.3, 0.4) is 0 Å². The number of hydrogen-bond acceptors (Lipinski definition) is 4. The normalized spacial score (nSPS) is 40.7. The van der Waals surface area contributed by atoms with Crippen molar-refractivity contribution in [2.75, 3.05) is 19.0 Å². The van der Waals surface area contributed by atoms with E-state index in [-0.39, 0.29) is 18.0 Å². The van der Waals surface area contributed by atoms with Crippen LogP contribution in [0.1, 0.15) is 20.3 Å². The van der Waals surface area contributed by atoms with Crippen molar-refractivity contribution in [3.8, 4) is 0 Å². The van der Waals surface area contributed by atoms with E-state index in [2.05, 4.69) is 0 Å². The molecule has 4 unspecified atom stereocenters. The molecule has 0 spiro atoms. The van der Waals surface area contributed by atoms with Gasteiger partial charge < -0.3 is 9.47 Å². The average Bonchev–Trinajstić information content (AvgIpc) is 2.69. The van der Waals surface area contributed by atoms with Crippen LogP contribution in [0.25, 0.3) is 0 Å². The monoisotopic (exact) mass is 234 g/mol. The van der Waals surface area contributed by atoms with Gasteiger partial charge >= 0.3 is 0 Å². The topological polar surface area (TPSA) is 52.6 Å². The third-order valence-electron chi connectivity index (χ3n) is 3.21. The minimum absolute atomic E-state index is 0.0124. The second kappa shape index (κ2) is 4.03. The molecular weight excluding hydrogens is 216 g/mol. The van der Waals surface area contributed by atoms with Crippen LogP contribution in [0.2, 0.25) is 0 Å². The lowest BCUT2D eigenvalue weighted by molar-refractivity contribution is 0.0659. The fraction of sp³-hybridized carbons (Fsp3) is 1.00. The number of ether oxygens (including phenoxy) is 2. The Hall–Kier alpha value is -0.130. The van der Waals surface area contributed by atoms with Crippen LogP contribution < -0.4 is 0 Å². The third kappa shape index (κ3) is 1.92. The van der Waals surface area contributed by atoms with Gasteiger partial charge in [0.15, 0.2) is 9.84 Å². The van der Waals surface area contributed by atoms with Crippen molar-refractivity contribution >= 4 is 9.84 Å². The summed E-state index contributed by atoms with van der Waals surface area (Å²) in [6.45, 7) is 4.85. The summed E-state index contributed by atoms with van der Waals surface area (Å²) in [5.74, 6) is 0.555. The Bertz CT molecular complexity index is 324. The van der Waals surface area contributed by atoms with Crippen LogP contribution in [0.4, 0.5) is 0 Å². The molecule has 15 heavy (non-hydrogen) atoms. The smallest absolute Gasteiger partial charge is 0.158 e. The largest absolute Gasteiger partial charge is 0.374 e. The maximum atomic E-state index is 11.9. The van der Waals surface area contributed by atoms with Crippen molar-refractivity contribution in [2.45, 2.75) is 37.7 Å². The zero-order valence-electron chi connectivity index (χ0n) is 9.18. The molecule has 0 aromatic rings. The minimum Gasteiger partial charge on any atom is -0.374 e. The SMILES string of the molecule is CCCS(=O)(=O)C1COC2C(C)COC21. The number of fused-ring (bicyclic) bond motifs is 1. The Morgan fingerprint density at radius 3 is 2.53 bits per heavy atom. The maximum Gasteiger partial charge on any atom is 0.158 e. The zero-order valence-corrected chi connectivity index (χ0v) is 10.00. The summed E-state index contributed by atoms with van der Waals surface area (Å²) < 4.78 is 34.9. The van der Waals surface area contributed by atoms with E-state index in [9.17, 15) is 8.42 Å². The van der Waals surface area contributed by atoms with E-state index in [1.165, 1.54) is 0 Å². The van der Waals surface area contributed by atoms with Crippen molar-refractivity contribution in [1.29, 1.82) is 0 Å². The van der Waals surface area contributed by atoms with Crippen molar-refractivity contribution < 1.29 is 17.9 Å². The summed E-state index contributed by atoms with van der Waals surface area (Å²) in [4.78, 5) is 0. The molecule has 0 N–H and O–H groups in total. The molecule has 2 heterocycles. The lowest BCUT2D eigenvalue weighted by Crippen LogP contribution is -2.36. The highest BCUT2D eigenvalue weighted by Crippen LogP contribution is 2.34. The van der Waals surface area contributed by atoms with Gasteiger partial charge in [-0.25, -0.2) is 8.42 Å². The zero-order chi connectivity index (χ0) is 11.1. The van der Waals surface area contributed by atoms with E-state index in [0.717, 1.165) is 0 Å². The molecule has 2 saturated heterocycles. The van der Waals surface area contributed by atoms with Crippen LogP contribution in [-0.4, -0.2) is 44.8 Å². The van der Waals surface area contributed by atoms with E-state index in [4.69, 9.17) is 9.47 Å². The molecule has 0 radical (unpaired) electrons. The van der Waals surface area contributed by atoms with Gasteiger partial charge in [0.25, 0.3) is 0 Å². The highest BCUT2D eigenvalue weighted by Gasteiger charge is 2.50. The standard InChI is InChI=1S/C10H18O4S/c1-3-4-15(11,12)8-6-14-9-7(2)5-13-10(8)9/h7-10H,3-6H2,1-2H3. The first-order valence-electron chi connectivity index (χ1n) is 5.51. The molecule has 2 aliphatic heterocycles. The number of rotatable bonds is 3. The lowest BCUT2D eigenvalue weighted by atomic mass is 10.0. The maximum absolute atomic E-state index is 11.9. The molecule has 2 fully saturated rings. The van der Waals surface area contributed by atoms with E-state index in [1.807, 2.05) is 13.8 Å². The molecule has 4 nitrogen and oxygen atoms in total. The molecule has 0 aromatic heterocycles. The Balaban J connectivity index is 2.13. The van der Waals surface area contributed by atoms with Crippen LogP contribution in [0, 0.1) is 5.92 Å². The van der Waals surface area contributed by atoms with Gasteiger partial charge in [-0.15, -0.1) is 0 Å². The molecule has 5 heteroatoms. The van der Waals surface area contributed by atoms with E-state index < -0.39 is 15.1 Å². The molecule has 0 amide bonds. The Morgan fingerprint density at radius 1 is 1.20 bits per heavy atom. The van der Waals surface area contributed by atoms with Crippen molar-refractivity contribution in [3.63, 3.8) is 0 Å². The summed E-state index contributed by atoms with van der Waals surface area (Å²) in [6, 6.07) is 0. The summed E-state index contributed by atoms with van der Waals surface area (Å²) >= 11 is 0. The first-order chi connectivity index (χ1) is 7.06. The summed E-state index contributed by atoms with van der Waals surface area (Å²) in [6.07, 6.45) is 0.421. The van der Waals surface area contributed by atoms with Gasteiger partial charge in [0.2, 0.25) is 0 Å². The molecule has 0 bridgehead atoms. The highest BCUT2D eigenvalue weighted by atomic mass is 32.2. The van der Waals surface area contributed by atoms with Gasteiger partial charge in [0.1, 0.15) is 11.4 Å². The van der Waals surface area contributed by atoms with Crippen LogP contribution in [-0.2, 0) is 19.3 Å². The van der Waals surface area contributed by atoms with Gasteiger partial charge in [-0.3, -0.25) is 0 Å². The third-order valence-corrected chi connectivity index (χ3v) is 5.51. The summed E-state index contributed by atoms with van der Waals surface area (Å²) in [7, 11) is -3.04. The predicted molar refractivity (Wildman–Crippen MR) is 56.5 cm³/mol. The second-order valence-corrected chi connectivity index (χ2v) is 6.82.